The van der Waals surface area contributed by atoms with Gasteiger partial charge in [0.2, 0.25) is 10.0 Å². The van der Waals surface area contributed by atoms with Crippen molar-refractivity contribution < 1.29 is 8.42 Å². The topological polar surface area (TPSA) is 46.2 Å². The van der Waals surface area contributed by atoms with Crippen LogP contribution in [-0.4, -0.2) is 20.3 Å². The van der Waals surface area contributed by atoms with Gasteiger partial charge in [-0.05, 0) is 65.7 Å². The van der Waals surface area contributed by atoms with Crippen LogP contribution in [0, 0.1) is 5.92 Å². The summed E-state index contributed by atoms with van der Waals surface area (Å²) < 4.78 is 27.6. The van der Waals surface area contributed by atoms with Gasteiger partial charge in [-0.1, -0.05) is 11.6 Å². The molecule has 1 N–H and O–H groups in total. The summed E-state index contributed by atoms with van der Waals surface area (Å²) in [5.74, 6) is 0.371. The highest BCUT2D eigenvalue weighted by Crippen LogP contribution is 2.28. The molecule has 0 spiro atoms. The second kappa shape index (κ2) is 6.97. The number of halogens is 3. The SMILES string of the molecule is O=S(=O)(NCC1CCC(Cl)CC1)c1ccc(Cl)c(Br)c1. The van der Waals surface area contributed by atoms with E-state index in [2.05, 4.69) is 20.7 Å². The molecule has 3 nitrogen and oxygen atoms in total. The molecule has 0 heterocycles. The Morgan fingerprint density at radius 3 is 2.50 bits per heavy atom. The van der Waals surface area contributed by atoms with Crippen LogP contribution in [0.25, 0.3) is 0 Å². The Balaban J connectivity index is 1.98. The fourth-order valence-electron chi connectivity index (χ4n) is 2.28. The van der Waals surface area contributed by atoms with E-state index in [-0.39, 0.29) is 10.3 Å². The highest BCUT2D eigenvalue weighted by molar-refractivity contribution is 9.10. The first-order chi connectivity index (χ1) is 9.38. The third-order valence-corrected chi connectivity index (χ3v) is 6.61. The molecule has 2 rings (SSSR count). The van der Waals surface area contributed by atoms with Crippen molar-refractivity contribution in [1.29, 1.82) is 0 Å². The van der Waals surface area contributed by atoms with Crippen LogP contribution >= 0.6 is 39.1 Å². The smallest absolute Gasteiger partial charge is 0.211 e. The zero-order valence-electron chi connectivity index (χ0n) is 10.8. The minimum atomic E-state index is -3.48. The molecule has 0 radical (unpaired) electrons. The lowest BCUT2D eigenvalue weighted by molar-refractivity contribution is 0.361. The molecule has 20 heavy (non-hydrogen) atoms. The van der Waals surface area contributed by atoms with E-state index in [0.29, 0.717) is 22.0 Å². The molecule has 0 atom stereocenters. The van der Waals surface area contributed by atoms with E-state index in [1.54, 1.807) is 6.07 Å². The van der Waals surface area contributed by atoms with Gasteiger partial charge in [0.05, 0.1) is 9.92 Å². The number of rotatable bonds is 4. The van der Waals surface area contributed by atoms with Gasteiger partial charge in [0.25, 0.3) is 0 Å². The average molecular weight is 401 g/mol. The van der Waals surface area contributed by atoms with E-state index in [1.807, 2.05) is 0 Å². The maximum atomic E-state index is 12.2. The largest absolute Gasteiger partial charge is 0.240 e. The molecule has 1 saturated carbocycles. The molecule has 1 aliphatic rings. The lowest BCUT2D eigenvalue weighted by atomic mass is 9.89. The standard InChI is InChI=1S/C13H16BrCl2NO2S/c14-12-7-11(5-6-13(12)16)20(18,19)17-8-9-1-3-10(15)4-2-9/h5-7,9-10,17H,1-4,8H2. The fourth-order valence-corrected chi connectivity index (χ4v) is 4.32. The van der Waals surface area contributed by atoms with Gasteiger partial charge in [0.15, 0.2) is 0 Å². The molecule has 0 bridgehead atoms. The van der Waals surface area contributed by atoms with E-state index in [1.165, 1.54) is 12.1 Å². The van der Waals surface area contributed by atoms with Crippen molar-refractivity contribution in [2.45, 2.75) is 36.0 Å². The summed E-state index contributed by atoms with van der Waals surface area (Å²) in [6, 6.07) is 4.59. The Labute approximate surface area is 138 Å². The summed E-state index contributed by atoms with van der Waals surface area (Å²) in [4.78, 5) is 0.222. The van der Waals surface area contributed by atoms with Gasteiger partial charge < -0.3 is 0 Å². The zero-order chi connectivity index (χ0) is 14.8. The Morgan fingerprint density at radius 1 is 1.25 bits per heavy atom. The number of nitrogens with one attached hydrogen (secondary N) is 1. The molecular formula is C13H16BrCl2NO2S. The van der Waals surface area contributed by atoms with Crippen molar-refractivity contribution >= 4 is 49.2 Å². The highest BCUT2D eigenvalue weighted by atomic mass is 79.9. The number of hydrogen-bond acceptors (Lipinski definition) is 2. The summed E-state index contributed by atoms with van der Waals surface area (Å²) in [7, 11) is -3.48. The normalized spacial score (nSPS) is 23.8. The molecule has 1 fully saturated rings. The van der Waals surface area contributed by atoms with Crippen LogP contribution in [0.1, 0.15) is 25.7 Å². The minimum Gasteiger partial charge on any atom is -0.211 e. The molecule has 0 unspecified atom stereocenters. The summed E-state index contributed by atoms with van der Waals surface area (Å²) in [5.41, 5.74) is 0. The molecule has 1 aromatic rings. The third kappa shape index (κ3) is 4.34. The highest BCUT2D eigenvalue weighted by Gasteiger charge is 2.22. The first-order valence-electron chi connectivity index (χ1n) is 6.47. The van der Waals surface area contributed by atoms with E-state index in [4.69, 9.17) is 23.2 Å². The quantitative estimate of drug-likeness (QED) is 0.770. The second-order valence-electron chi connectivity index (χ2n) is 5.05. The van der Waals surface area contributed by atoms with Gasteiger partial charge in [-0.15, -0.1) is 11.6 Å². The molecule has 0 aromatic heterocycles. The summed E-state index contributed by atoms with van der Waals surface area (Å²) in [6.45, 7) is 0.464. The van der Waals surface area contributed by atoms with Crippen LogP contribution in [-0.2, 0) is 10.0 Å². The van der Waals surface area contributed by atoms with Crippen LogP contribution in [0.3, 0.4) is 0 Å². The Morgan fingerprint density at radius 2 is 1.90 bits per heavy atom. The average Bonchev–Trinajstić information content (AvgIpc) is 2.41. The number of sulfonamides is 1. The summed E-state index contributed by atoms with van der Waals surface area (Å²) >= 11 is 15.1. The van der Waals surface area contributed by atoms with Gasteiger partial charge in [0.1, 0.15) is 0 Å². The Hall–Kier alpha value is 0.190. The van der Waals surface area contributed by atoms with E-state index < -0.39 is 10.0 Å². The second-order valence-corrected chi connectivity index (χ2v) is 8.69. The lowest BCUT2D eigenvalue weighted by Crippen LogP contribution is -2.31. The first-order valence-corrected chi connectivity index (χ1v) is 9.56. The number of hydrogen-bond donors (Lipinski definition) is 1. The fraction of sp³-hybridized carbons (Fsp3) is 0.538. The van der Waals surface area contributed by atoms with E-state index in [9.17, 15) is 8.42 Å². The molecule has 0 aliphatic heterocycles. The maximum Gasteiger partial charge on any atom is 0.240 e. The Kier molecular flexibility index (Phi) is 5.77. The van der Waals surface area contributed by atoms with Crippen molar-refractivity contribution in [2.24, 2.45) is 5.92 Å². The van der Waals surface area contributed by atoms with Gasteiger partial charge >= 0.3 is 0 Å². The van der Waals surface area contributed by atoms with Crippen molar-refractivity contribution in [2.75, 3.05) is 6.54 Å². The van der Waals surface area contributed by atoms with Crippen molar-refractivity contribution in [1.82, 2.24) is 4.72 Å². The molecular weight excluding hydrogens is 385 g/mol. The summed E-state index contributed by atoms with van der Waals surface area (Å²) in [5, 5.41) is 0.736. The molecule has 7 heteroatoms. The van der Waals surface area contributed by atoms with Crippen LogP contribution in [0.5, 0.6) is 0 Å². The van der Waals surface area contributed by atoms with Gasteiger partial charge in [-0.25, -0.2) is 13.1 Å². The first kappa shape index (κ1) is 16.6. The molecule has 1 aliphatic carbocycles. The van der Waals surface area contributed by atoms with Gasteiger partial charge in [0, 0.05) is 16.4 Å². The molecule has 1 aromatic carbocycles. The molecule has 112 valence electrons. The maximum absolute atomic E-state index is 12.2. The third-order valence-electron chi connectivity index (χ3n) is 3.54. The van der Waals surface area contributed by atoms with Crippen LogP contribution in [0.4, 0.5) is 0 Å². The monoisotopic (exact) mass is 399 g/mol. The van der Waals surface area contributed by atoms with Crippen molar-refractivity contribution in [3.63, 3.8) is 0 Å². The zero-order valence-corrected chi connectivity index (χ0v) is 14.7. The predicted molar refractivity (Wildman–Crippen MR) is 85.9 cm³/mol. The molecule has 0 amide bonds. The van der Waals surface area contributed by atoms with E-state index in [0.717, 1.165) is 25.7 Å². The van der Waals surface area contributed by atoms with Crippen LogP contribution in [0.15, 0.2) is 27.6 Å². The van der Waals surface area contributed by atoms with Crippen LogP contribution < -0.4 is 4.72 Å². The van der Waals surface area contributed by atoms with Crippen LogP contribution in [0.2, 0.25) is 5.02 Å². The van der Waals surface area contributed by atoms with Crippen molar-refractivity contribution in [3.05, 3.63) is 27.7 Å². The van der Waals surface area contributed by atoms with Gasteiger partial charge in [-0.3, -0.25) is 0 Å². The Bertz CT molecular complexity index is 572. The summed E-state index contributed by atoms with van der Waals surface area (Å²) in [6.07, 6.45) is 3.86. The van der Waals surface area contributed by atoms with Crippen molar-refractivity contribution in [3.8, 4) is 0 Å². The predicted octanol–water partition coefficient (Wildman–Crippen LogP) is 4.18. The minimum absolute atomic E-state index is 0.222. The number of alkyl halides is 1. The lowest BCUT2D eigenvalue weighted by Gasteiger charge is -2.25. The van der Waals surface area contributed by atoms with Gasteiger partial charge in [-0.2, -0.15) is 0 Å². The number of benzene rings is 1. The van der Waals surface area contributed by atoms with E-state index >= 15 is 0 Å². The molecule has 0 saturated heterocycles.